The molecule has 1 heteroatoms. The number of unbranched alkanes of at least 4 members (excludes halogenated alkanes) is 1. The summed E-state index contributed by atoms with van der Waals surface area (Å²) in [6.45, 7) is 2.13. The van der Waals surface area contributed by atoms with Crippen molar-refractivity contribution in [3.8, 4) is 0 Å². The molecule has 1 aliphatic carbocycles. The lowest BCUT2D eigenvalue weighted by atomic mass is 9.84. The Morgan fingerprint density at radius 2 is 1.92 bits per heavy atom. The van der Waals surface area contributed by atoms with Gasteiger partial charge in [0.1, 0.15) is 6.17 Å². The van der Waals surface area contributed by atoms with Crippen molar-refractivity contribution in [2.24, 2.45) is 5.92 Å². The molecule has 0 nitrogen and oxygen atoms in total. The Morgan fingerprint density at radius 3 is 2.50 bits per heavy atom. The summed E-state index contributed by atoms with van der Waals surface area (Å²) in [5.41, 5.74) is 0. The van der Waals surface area contributed by atoms with Gasteiger partial charge in [-0.2, -0.15) is 0 Å². The van der Waals surface area contributed by atoms with Crippen LogP contribution < -0.4 is 0 Å². The molecule has 0 aromatic carbocycles. The molecule has 1 aliphatic rings. The predicted molar refractivity (Wildman–Crippen MR) is 51.0 cm³/mol. The monoisotopic (exact) mass is 172 g/mol. The van der Waals surface area contributed by atoms with Crippen LogP contribution in [0.4, 0.5) is 4.39 Å². The Bertz CT molecular complexity index is 106. The van der Waals surface area contributed by atoms with Crippen LogP contribution in [0.25, 0.3) is 0 Å². The van der Waals surface area contributed by atoms with E-state index in [4.69, 9.17) is 0 Å². The van der Waals surface area contributed by atoms with Crippen LogP contribution in [-0.4, -0.2) is 6.17 Å². The van der Waals surface area contributed by atoms with Crippen molar-refractivity contribution in [3.05, 3.63) is 0 Å². The molecule has 0 spiro atoms. The van der Waals surface area contributed by atoms with E-state index in [2.05, 4.69) is 6.92 Å². The second-order valence-electron chi connectivity index (χ2n) is 4.06. The van der Waals surface area contributed by atoms with Gasteiger partial charge in [0.05, 0.1) is 0 Å². The molecule has 0 N–H and O–H groups in total. The van der Waals surface area contributed by atoms with Crippen LogP contribution in [-0.2, 0) is 0 Å². The minimum absolute atomic E-state index is 0.408. The van der Waals surface area contributed by atoms with Gasteiger partial charge in [0, 0.05) is 0 Å². The highest BCUT2D eigenvalue weighted by Gasteiger charge is 2.22. The average Bonchev–Trinajstić information content (AvgIpc) is 2.15. The standard InChI is InChI=1S/C11H21F/c1-2-3-9-11(12)10-7-5-4-6-8-10/h10-11H,2-9H2,1H3. The Labute approximate surface area is 75.5 Å². The molecule has 0 aromatic heterocycles. The third-order valence-electron chi connectivity index (χ3n) is 2.99. The lowest BCUT2D eigenvalue weighted by Crippen LogP contribution is -2.18. The van der Waals surface area contributed by atoms with Crippen LogP contribution in [0.2, 0.25) is 0 Å². The first kappa shape index (κ1) is 10.0. The number of hydrogen-bond donors (Lipinski definition) is 0. The van der Waals surface area contributed by atoms with E-state index in [0.29, 0.717) is 5.92 Å². The molecular formula is C11H21F. The van der Waals surface area contributed by atoms with E-state index in [0.717, 1.165) is 32.1 Å². The van der Waals surface area contributed by atoms with Crippen LogP contribution >= 0.6 is 0 Å². The molecule has 1 fully saturated rings. The molecule has 12 heavy (non-hydrogen) atoms. The van der Waals surface area contributed by atoms with Gasteiger partial charge in [0.15, 0.2) is 0 Å². The summed E-state index contributed by atoms with van der Waals surface area (Å²) in [6.07, 6.45) is 8.65. The summed E-state index contributed by atoms with van der Waals surface area (Å²) in [4.78, 5) is 0. The highest BCUT2D eigenvalue weighted by molar-refractivity contribution is 4.73. The van der Waals surface area contributed by atoms with E-state index in [9.17, 15) is 4.39 Å². The van der Waals surface area contributed by atoms with Crippen molar-refractivity contribution < 1.29 is 4.39 Å². The SMILES string of the molecule is CCCCC(F)C1CCCCC1. The third kappa shape index (κ3) is 3.12. The molecular weight excluding hydrogens is 151 g/mol. The number of rotatable bonds is 4. The van der Waals surface area contributed by atoms with Crippen molar-refractivity contribution in [1.29, 1.82) is 0 Å². The maximum Gasteiger partial charge on any atom is 0.103 e. The third-order valence-corrected chi connectivity index (χ3v) is 2.99. The normalized spacial score (nSPS) is 22.5. The van der Waals surface area contributed by atoms with Gasteiger partial charge >= 0.3 is 0 Å². The molecule has 1 atom stereocenters. The minimum Gasteiger partial charge on any atom is -0.247 e. The zero-order valence-electron chi connectivity index (χ0n) is 8.19. The Hall–Kier alpha value is -0.0700. The summed E-state index contributed by atoms with van der Waals surface area (Å²) < 4.78 is 13.5. The van der Waals surface area contributed by atoms with Crippen molar-refractivity contribution in [2.75, 3.05) is 0 Å². The quantitative estimate of drug-likeness (QED) is 0.599. The van der Waals surface area contributed by atoms with Crippen LogP contribution in [0.1, 0.15) is 58.3 Å². The first-order valence-electron chi connectivity index (χ1n) is 5.48. The lowest BCUT2D eigenvalue weighted by Gasteiger charge is -2.24. The van der Waals surface area contributed by atoms with Gasteiger partial charge in [-0.3, -0.25) is 0 Å². The topological polar surface area (TPSA) is 0 Å². The Morgan fingerprint density at radius 1 is 1.25 bits per heavy atom. The Balaban J connectivity index is 2.15. The molecule has 0 amide bonds. The molecule has 0 bridgehead atoms. The summed E-state index contributed by atoms with van der Waals surface area (Å²) in [7, 11) is 0. The van der Waals surface area contributed by atoms with Crippen LogP contribution in [0.15, 0.2) is 0 Å². The van der Waals surface area contributed by atoms with Crippen LogP contribution in [0.3, 0.4) is 0 Å². The molecule has 1 saturated carbocycles. The zero-order chi connectivity index (χ0) is 8.81. The lowest BCUT2D eigenvalue weighted by molar-refractivity contribution is 0.168. The number of alkyl halides is 1. The fraction of sp³-hybridized carbons (Fsp3) is 1.00. The second-order valence-corrected chi connectivity index (χ2v) is 4.06. The van der Waals surface area contributed by atoms with Crippen molar-refractivity contribution in [2.45, 2.75) is 64.5 Å². The minimum atomic E-state index is -0.495. The van der Waals surface area contributed by atoms with Gasteiger partial charge in [0.25, 0.3) is 0 Å². The van der Waals surface area contributed by atoms with E-state index in [1.165, 1.54) is 19.3 Å². The van der Waals surface area contributed by atoms with Crippen molar-refractivity contribution in [3.63, 3.8) is 0 Å². The van der Waals surface area contributed by atoms with Gasteiger partial charge in [-0.05, 0) is 25.2 Å². The Kier molecular flexibility index (Phi) is 4.63. The number of hydrogen-bond acceptors (Lipinski definition) is 0. The summed E-state index contributed by atoms with van der Waals surface area (Å²) in [5.74, 6) is 0.408. The van der Waals surface area contributed by atoms with E-state index in [1.54, 1.807) is 0 Å². The van der Waals surface area contributed by atoms with Crippen LogP contribution in [0.5, 0.6) is 0 Å². The van der Waals surface area contributed by atoms with Crippen LogP contribution in [0, 0.1) is 5.92 Å². The smallest absolute Gasteiger partial charge is 0.103 e. The largest absolute Gasteiger partial charge is 0.247 e. The van der Waals surface area contributed by atoms with Gasteiger partial charge in [-0.25, -0.2) is 4.39 Å². The molecule has 1 unspecified atom stereocenters. The highest BCUT2D eigenvalue weighted by Crippen LogP contribution is 2.30. The fourth-order valence-electron chi connectivity index (χ4n) is 2.13. The van der Waals surface area contributed by atoms with Crippen molar-refractivity contribution >= 4 is 0 Å². The highest BCUT2D eigenvalue weighted by atomic mass is 19.1. The van der Waals surface area contributed by atoms with Gasteiger partial charge in [0.2, 0.25) is 0 Å². The number of halogens is 1. The van der Waals surface area contributed by atoms with Gasteiger partial charge < -0.3 is 0 Å². The zero-order valence-corrected chi connectivity index (χ0v) is 8.19. The fourth-order valence-corrected chi connectivity index (χ4v) is 2.13. The second kappa shape index (κ2) is 5.55. The maximum atomic E-state index is 13.5. The molecule has 1 rings (SSSR count). The molecule has 0 heterocycles. The first-order chi connectivity index (χ1) is 5.84. The molecule has 0 radical (unpaired) electrons. The summed E-state index contributed by atoms with van der Waals surface area (Å²) in [5, 5.41) is 0. The predicted octanol–water partition coefficient (Wildman–Crippen LogP) is 4.10. The van der Waals surface area contributed by atoms with E-state index >= 15 is 0 Å². The molecule has 0 saturated heterocycles. The molecule has 0 aromatic rings. The summed E-state index contributed by atoms with van der Waals surface area (Å²) in [6, 6.07) is 0. The average molecular weight is 172 g/mol. The van der Waals surface area contributed by atoms with E-state index in [-0.39, 0.29) is 0 Å². The van der Waals surface area contributed by atoms with E-state index < -0.39 is 6.17 Å². The van der Waals surface area contributed by atoms with Gasteiger partial charge in [-0.1, -0.05) is 39.0 Å². The molecule has 72 valence electrons. The summed E-state index contributed by atoms with van der Waals surface area (Å²) >= 11 is 0. The van der Waals surface area contributed by atoms with E-state index in [1.807, 2.05) is 0 Å². The maximum absolute atomic E-state index is 13.5. The van der Waals surface area contributed by atoms with Gasteiger partial charge in [-0.15, -0.1) is 0 Å². The molecule has 0 aliphatic heterocycles. The van der Waals surface area contributed by atoms with Crippen molar-refractivity contribution in [1.82, 2.24) is 0 Å². The first-order valence-corrected chi connectivity index (χ1v) is 5.48.